The largest absolute Gasteiger partial charge is 0.347 e. The quantitative estimate of drug-likeness (QED) is 0.823. The first-order valence-electron chi connectivity index (χ1n) is 8.07. The van der Waals surface area contributed by atoms with E-state index in [1.807, 2.05) is 31.3 Å². The Labute approximate surface area is 143 Å². The van der Waals surface area contributed by atoms with Crippen molar-refractivity contribution in [2.24, 2.45) is 5.92 Å². The van der Waals surface area contributed by atoms with Crippen LogP contribution in [0.1, 0.15) is 43.3 Å². The Hall–Kier alpha value is -1.65. The number of likely N-dealkylation sites (N-methyl/N-ethyl adjacent to an activating group) is 1. The molecule has 1 amide bonds. The number of thiophene rings is 1. The van der Waals surface area contributed by atoms with Gasteiger partial charge in [0, 0.05) is 10.9 Å². The van der Waals surface area contributed by atoms with Crippen LogP contribution in [-0.4, -0.2) is 24.4 Å². The smallest absolute Gasteiger partial charge is 0.234 e. The van der Waals surface area contributed by atoms with E-state index in [4.69, 9.17) is 0 Å². The van der Waals surface area contributed by atoms with Crippen molar-refractivity contribution < 1.29 is 4.79 Å². The van der Waals surface area contributed by atoms with E-state index in [-0.39, 0.29) is 18.0 Å². The molecule has 1 heterocycles. The Balaban J connectivity index is 1.95. The van der Waals surface area contributed by atoms with Gasteiger partial charge >= 0.3 is 0 Å². The number of hydrogen-bond donors (Lipinski definition) is 1. The fraction of sp³-hybridized carbons (Fsp3) is 0.421. The van der Waals surface area contributed by atoms with E-state index in [1.54, 1.807) is 11.3 Å². The Morgan fingerprint density at radius 1 is 1.13 bits per heavy atom. The van der Waals surface area contributed by atoms with Gasteiger partial charge in [-0.25, -0.2) is 0 Å². The lowest BCUT2D eigenvalue weighted by Crippen LogP contribution is -2.39. The van der Waals surface area contributed by atoms with Crippen LogP contribution < -0.4 is 5.32 Å². The highest BCUT2D eigenvalue weighted by molar-refractivity contribution is 7.10. The number of nitrogens with zero attached hydrogens (tertiary/aromatic N) is 1. The summed E-state index contributed by atoms with van der Waals surface area (Å²) in [4.78, 5) is 15.7. The average molecular weight is 330 g/mol. The van der Waals surface area contributed by atoms with Crippen molar-refractivity contribution in [3.63, 3.8) is 0 Å². The highest BCUT2D eigenvalue weighted by Gasteiger charge is 2.21. The molecule has 0 bridgehead atoms. The van der Waals surface area contributed by atoms with Crippen LogP contribution in [0.15, 0.2) is 47.8 Å². The molecular formula is C19H26N2OS. The topological polar surface area (TPSA) is 32.3 Å². The normalized spacial score (nSPS) is 14.0. The van der Waals surface area contributed by atoms with Gasteiger partial charge in [0.25, 0.3) is 0 Å². The SMILES string of the molecule is CC(C)[C@H](NC(=O)CN(C)[C@H](C)c1ccccc1)c1cccs1. The molecule has 2 aromatic rings. The van der Waals surface area contributed by atoms with Gasteiger partial charge in [-0.2, -0.15) is 0 Å². The summed E-state index contributed by atoms with van der Waals surface area (Å²) < 4.78 is 0. The van der Waals surface area contributed by atoms with E-state index in [1.165, 1.54) is 10.4 Å². The number of nitrogens with one attached hydrogen (secondary N) is 1. The lowest BCUT2D eigenvalue weighted by Gasteiger charge is -2.27. The van der Waals surface area contributed by atoms with Gasteiger partial charge in [-0.15, -0.1) is 11.3 Å². The molecule has 0 radical (unpaired) electrons. The minimum absolute atomic E-state index is 0.0716. The fourth-order valence-corrected chi connectivity index (χ4v) is 3.55. The van der Waals surface area contributed by atoms with Crippen molar-refractivity contribution in [1.29, 1.82) is 0 Å². The minimum atomic E-state index is 0.0716. The summed E-state index contributed by atoms with van der Waals surface area (Å²) in [5, 5.41) is 5.24. The van der Waals surface area contributed by atoms with Crippen LogP contribution in [0.2, 0.25) is 0 Å². The van der Waals surface area contributed by atoms with Crippen LogP contribution in [0, 0.1) is 5.92 Å². The summed E-state index contributed by atoms with van der Waals surface area (Å²) in [5.41, 5.74) is 1.22. The highest BCUT2D eigenvalue weighted by Crippen LogP contribution is 2.26. The molecule has 3 nitrogen and oxygen atoms in total. The zero-order chi connectivity index (χ0) is 16.8. The zero-order valence-corrected chi connectivity index (χ0v) is 15.1. The van der Waals surface area contributed by atoms with Crippen molar-refractivity contribution in [1.82, 2.24) is 10.2 Å². The van der Waals surface area contributed by atoms with Gasteiger partial charge in [0.05, 0.1) is 12.6 Å². The first kappa shape index (κ1) is 17.7. The van der Waals surface area contributed by atoms with Crippen molar-refractivity contribution in [3.05, 3.63) is 58.3 Å². The molecule has 0 aliphatic rings. The van der Waals surface area contributed by atoms with E-state index < -0.39 is 0 Å². The molecule has 0 aliphatic heterocycles. The number of carbonyl (C=O) groups excluding carboxylic acids is 1. The molecule has 4 heteroatoms. The second kappa shape index (κ2) is 8.27. The Kier molecular flexibility index (Phi) is 6.37. The third-order valence-corrected chi connectivity index (χ3v) is 5.12. The monoisotopic (exact) mass is 330 g/mol. The third kappa shape index (κ3) is 4.91. The lowest BCUT2D eigenvalue weighted by atomic mass is 10.0. The van der Waals surface area contributed by atoms with Gasteiger partial charge in [0.1, 0.15) is 0 Å². The molecule has 2 atom stereocenters. The molecule has 124 valence electrons. The van der Waals surface area contributed by atoms with Crippen molar-refractivity contribution in [2.75, 3.05) is 13.6 Å². The van der Waals surface area contributed by atoms with Crippen LogP contribution in [0.3, 0.4) is 0 Å². The summed E-state index contributed by atoms with van der Waals surface area (Å²) in [6.45, 7) is 6.80. The van der Waals surface area contributed by atoms with Crippen LogP contribution >= 0.6 is 11.3 Å². The van der Waals surface area contributed by atoms with E-state index in [2.05, 4.69) is 54.6 Å². The molecule has 1 aromatic carbocycles. The number of benzene rings is 1. The van der Waals surface area contributed by atoms with Gasteiger partial charge in [-0.1, -0.05) is 50.2 Å². The van der Waals surface area contributed by atoms with Gasteiger partial charge in [0.15, 0.2) is 0 Å². The van der Waals surface area contributed by atoms with Crippen LogP contribution in [0.4, 0.5) is 0 Å². The Morgan fingerprint density at radius 3 is 2.39 bits per heavy atom. The molecule has 1 N–H and O–H groups in total. The summed E-state index contributed by atoms with van der Waals surface area (Å²) in [6, 6.07) is 14.7. The Morgan fingerprint density at radius 2 is 1.83 bits per heavy atom. The van der Waals surface area contributed by atoms with E-state index >= 15 is 0 Å². The molecule has 2 rings (SSSR count). The summed E-state index contributed by atoms with van der Waals surface area (Å²) >= 11 is 1.70. The van der Waals surface area contributed by atoms with E-state index in [0.717, 1.165) is 0 Å². The maximum absolute atomic E-state index is 12.5. The number of rotatable bonds is 7. The van der Waals surface area contributed by atoms with Gasteiger partial charge in [-0.3, -0.25) is 9.69 Å². The second-order valence-electron chi connectivity index (χ2n) is 6.31. The maximum atomic E-state index is 12.5. The van der Waals surface area contributed by atoms with Crippen LogP contribution in [-0.2, 0) is 4.79 Å². The average Bonchev–Trinajstić information content (AvgIpc) is 3.06. The van der Waals surface area contributed by atoms with E-state index in [0.29, 0.717) is 12.5 Å². The summed E-state index contributed by atoms with van der Waals surface area (Å²) in [7, 11) is 1.99. The number of hydrogen-bond acceptors (Lipinski definition) is 3. The van der Waals surface area contributed by atoms with Gasteiger partial charge in [0.2, 0.25) is 5.91 Å². The van der Waals surface area contributed by atoms with Crippen LogP contribution in [0.5, 0.6) is 0 Å². The zero-order valence-electron chi connectivity index (χ0n) is 14.3. The lowest BCUT2D eigenvalue weighted by molar-refractivity contribution is -0.123. The molecule has 0 aliphatic carbocycles. The molecule has 0 unspecified atom stereocenters. The van der Waals surface area contributed by atoms with Crippen molar-refractivity contribution >= 4 is 17.2 Å². The molecule has 23 heavy (non-hydrogen) atoms. The summed E-state index contributed by atoms with van der Waals surface area (Å²) in [5.74, 6) is 0.442. The van der Waals surface area contributed by atoms with Crippen LogP contribution in [0.25, 0.3) is 0 Å². The Bertz CT molecular complexity index is 595. The summed E-state index contributed by atoms with van der Waals surface area (Å²) in [6.07, 6.45) is 0. The third-order valence-electron chi connectivity index (χ3n) is 4.17. The number of carbonyl (C=O) groups is 1. The molecule has 1 aromatic heterocycles. The van der Waals surface area contributed by atoms with Gasteiger partial charge in [-0.05, 0) is 36.9 Å². The fourth-order valence-electron chi connectivity index (χ4n) is 2.60. The standard InChI is InChI=1S/C19H26N2OS/c1-14(2)19(17-11-8-12-23-17)20-18(22)13-21(4)15(3)16-9-6-5-7-10-16/h5-12,14-15,19H,13H2,1-4H3,(H,20,22)/t15-,19+/m1/s1. The molecule has 0 fully saturated rings. The first-order valence-corrected chi connectivity index (χ1v) is 8.95. The molecular weight excluding hydrogens is 304 g/mol. The minimum Gasteiger partial charge on any atom is -0.347 e. The van der Waals surface area contributed by atoms with Crippen molar-refractivity contribution in [3.8, 4) is 0 Å². The molecule has 0 saturated heterocycles. The number of amides is 1. The second-order valence-corrected chi connectivity index (χ2v) is 7.29. The predicted octanol–water partition coefficient (Wildman–Crippen LogP) is 4.25. The molecule has 0 spiro atoms. The highest BCUT2D eigenvalue weighted by atomic mass is 32.1. The maximum Gasteiger partial charge on any atom is 0.234 e. The van der Waals surface area contributed by atoms with Gasteiger partial charge < -0.3 is 5.32 Å². The molecule has 0 saturated carbocycles. The first-order chi connectivity index (χ1) is 11.0. The predicted molar refractivity (Wildman–Crippen MR) is 97.5 cm³/mol. The van der Waals surface area contributed by atoms with Crippen molar-refractivity contribution in [2.45, 2.75) is 32.9 Å². The van der Waals surface area contributed by atoms with E-state index in [9.17, 15) is 4.79 Å².